The van der Waals surface area contributed by atoms with Gasteiger partial charge in [-0.05, 0) is 56.3 Å². The minimum Gasteiger partial charge on any atom is -0.368 e. The fraction of sp³-hybridized carbons (Fsp3) is 0.958. The van der Waals surface area contributed by atoms with Crippen LogP contribution in [0.1, 0.15) is 116 Å². The minimum atomic E-state index is 0.139. The molecule has 154 valence electrons. The highest BCUT2D eigenvalue weighted by Crippen LogP contribution is 2.72. The van der Waals surface area contributed by atoms with E-state index in [0.29, 0.717) is 11.5 Å². The van der Waals surface area contributed by atoms with Gasteiger partial charge < -0.3 is 10.1 Å². The molecule has 27 heavy (non-hydrogen) atoms. The van der Waals surface area contributed by atoms with Crippen LogP contribution < -0.4 is 5.32 Å². The van der Waals surface area contributed by atoms with Gasteiger partial charge >= 0.3 is 0 Å². The molecule has 0 heterocycles. The van der Waals surface area contributed by atoms with E-state index in [-0.39, 0.29) is 18.1 Å². The Kier molecular flexibility index (Phi) is 6.46. The van der Waals surface area contributed by atoms with Gasteiger partial charge in [0.1, 0.15) is 6.61 Å². The van der Waals surface area contributed by atoms with E-state index >= 15 is 0 Å². The van der Waals surface area contributed by atoms with Crippen LogP contribution in [-0.4, -0.2) is 24.2 Å². The summed E-state index contributed by atoms with van der Waals surface area (Å²) < 4.78 is 5.99. The third-order valence-corrected chi connectivity index (χ3v) is 8.20. The number of nitrogens with one attached hydrogen (secondary N) is 1. The lowest BCUT2D eigenvalue weighted by Gasteiger charge is -2.73. The second-order valence-electron chi connectivity index (χ2n) is 10.4. The van der Waals surface area contributed by atoms with Crippen LogP contribution in [0.25, 0.3) is 0 Å². The highest BCUT2D eigenvalue weighted by molar-refractivity contribution is 5.78. The van der Waals surface area contributed by atoms with Crippen molar-refractivity contribution in [3.05, 3.63) is 0 Å². The van der Waals surface area contributed by atoms with Gasteiger partial charge in [0, 0.05) is 5.54 Å². The maximum atomic E-state index is 12.5. The third kappa shape index (κ3) is 4.71. The van der Waals surface area contributed by atoms with Gasteiger partial charge in [-0.3, -0.25) is 4.79 Å². The van der Waals surface area contributed by atoms with Crippen LogP contribution in [0, 0.1) is 11.3 Å². The van der Waals surface area contributed by atoms with Crippen molar-refractivity contribution in [1.29, 1.82) is 0 Å². The molecular weight excluding hydrogens is 334 g/mol. The normalized spacial score (nSPS) is 36.1. The molecule has 0 aromatic rings. The van der Waals surface area contributed by atoms with Crippen molar-refractivity contribution in [2.75, 3.05) is 6.61 Å². The van der Waals surface area contributed by atoms with Gasteiger partial charge in [-0.2, -0.15) is 0 Å². The topological polar surface area (TPSA) is 38.3 Å². The molecule has 3 heteroatoms. The molecule has 0 unspecified atom stereocenters. The number of ether oxygens (including phenoxy) is 1. The highest BCUT2D eigenvalue weighted by atomic mass is 16.5. The van der Waals surface area contributed by atoms with Crippen molar-refractivity contribution in [3.63, 3.8) is 0 Å². The minimum absolute atomic E-state index is 0.139. The smallest absolute Gasteiger partial charge is 0.246 e. The van der Waals surface area contributed by atoms with Crippen molar-refractivity contribution >= 4 is 5.91 Å². The first-order chi connectivity index (χ1) is 13.2. The number of amides is 1. The Morgan fingerprint density at radius 3 is 1.78 bits per heavy atom. The first-order valence-corrected chi connectivity index (χ1v) is 12.1. The van der Waals surface area contributed by atoms with Crippen molar-refractivity contribution in [2.24, 2.45) is 11.3 Å². The van der Waals surface area contributed by atoms with Crippen LogP contribution in [0.5, 0.6) is 0 Å². The molecule has 5 rings (SSSR count). The second kappa shape index (κ2) is 8.84. The summed E-state index contributed by atoms with van der Waals surface area (Å²) in [6, 6.07) is 0. The van der Waals surface area contributed by atoms with Crippen LogP contribution in [0.4, 0.5) is 0 Å². The Morgan fingerprint density at radius 1 is 0.741 bits per heavy atom. The SMILES string of the molecule is O=C(COC1CCCCCCC1)NC12CC(C3CCCCCCCC3)(C1)C2. The van der Waals surface area contributed by atoms with E-state index in [1.165, 1.54) is 103 Å². The Balaban J connectivity index is 1.18. The number of carbonyl (C=O) groups is 1. The summed E-state index contributed by atoms with van der Waals surface area (Å²) in [5.41, 5.74) is 0.748. The molecule has 1 N–H and O–H groups in total. The van der Waals surface area contributed by atoms with Crippen LogP contribution in [0.15, 0.2) is 0 Å². The Labute approximate surface area is 166 Å². The summed E-state index contributed by atoms with van der Waals surface area (Å²) in [7, 11) is 0. The van der Waals surface area contributed by atoms with Gasteiger partial charge in [0.25, 0.3) is 0 Å². The average molecular weight is 376 g/mol. The monoisotopic (exact) mass is 375 g/mol. The molecule has 0 spiro atoms. The van der Waals surface area contributed by atoms with E-state index in [1.807, 2.05) is 0 Å². The number of hydrogen-bond acceptors (Lipinski definition) is 2. The molecule has 5 fully saturated rings. The number of carbonyl (C=O) groups excluding carboxylic acids is 1. The van der Waals surface area contributed by atoms with E-state index in [2.05, 4.69) is 5.32 Å². The zero-order valence-electron chi connectivity index (χ0n) is 17.4. The molecule has 0 aromatic carbocycles. The van der Waals surface area contributed by atoms with Gasteiger partial charge in [-0.1, -0.05) is 70.6 Å². The number of rotatable bonds is 5. The van der Waals surface area contributed by atoms with Gasteiger partial charge in [-0.25, -0.2) is 0 Å². The Morgan fingerprint density at radius 2 is 1.22 bits per heavy atom. The lowest BCUT2D eigenvalue weighted by Crippen LogP contribution is -2.76. The van der Waals surface area contributed by atoms with Gasteiger partial charge in [0.05, 0.1) is 6.10 Å². The van der Waals surface area contributed by atoms with Crippen LogP contribution in [-0.2, 0) is 9.53 Å². The predicted molar refractivity (Wildman–Crippen MR) is 110 cm³/mol. The molecule has 2 bridgehead atoms. The van der Waals surface area contributed by atoms with Crippen LogP contribution >= 0.6 is 0 Å². The van der Waals surface area contributed by atoms with Crippen molar-refractivity contribution < 1.29 is 9.53 Å². The lowest BCUT2D eigenvalue weighted by molar-refractivity contribution is -0.198. The maximum absolute atomic E-state index is 12.5. The average Bonchev–Trinajstić information content (AvgIpc) is 2.70. The molecule has 0 aromatic heterocycles. The molecule has 0 radical (unpaired) electrons. The summed E-state index contributed by atoms with van der Waals surface area (Å²) in [6.07, 6.45) is 24.4. The standard InChI is InChI=1S/C24H41NO2/c26-22(16-27-21-14-10-6-3-7-11-15-21)25-24-17-23(18-24,19-24)20-12-8-4-1-2-5-9-13-20/h20-21H,1-19H2,(H,25,26). The Hall–Kier alpha value is -0.570. The molecule has 0 aliphatic heterocycles. The molecule has 5 aliphatic carbocycles. The van der Waals surface area contributed by atoms with Crippen molar-refractivity contribution in [1.82, 2.24) is 5.32 Å². The quantitative estimate of drug-likeness (QED) is 0.649. The van der Waals surface area contributed by atoms with E-state index in [9.17, 15) is 4.79 Å². The summed E-state index contributed by atoms with van der Waals surface area (Å²) in [4.78, 5) is 12.5. The third-order valence-electron chi connectivity index (χ3n) is 8.20. The van der Waals surface area contributed by atoms with E-state index in [0.717, 1.165) is 18.8 Å². The van der Waals surface area contributed by atoms with Gasteiger partial charge in [-0.15, -0.1) is 0 Å². The largest absolute Gasteiger partial charge is 0.368 e. The summed E-state index contributed by atoms with van der Waals surface area (Å²) in [5, 5.41) is 3.37. The molecule has 3 nitrogen and oxygen atoms in total. The fourth-order valence-electron chi connectivity index (χ4n) is 6.79. The van der Waals surface area contributed by atoms with Crippen molar-refractivity contribution in [3.8, 4) is 0 Å². The molecule has 5 saturated carbocycles. The maximum Gasteiger partial charge on any atom is 0.246 e. The summed E-state index contributed by atoms with van der Waals surface area (Å²) >= 11 is 0. The molecule has 5 aliphatic rings. The van der Waals surface area contributed by atoms with Crippen LogP contribution in [0.2, 0.25) is 0 Å². The summed E-state index contributed by atoms with van der Waals surface area (Å²) in [6.45, 7) is 0.281. The van der Waals surface area contributed by atoms with Gasteiger partial charge in [0.15, 0.2) is 0 Å². The first kappa shape index (κ1) is 19.7. The van der Waals surface area contributed by atoms with E-state index < -0.39 is 0 Å². The molecule has 0 saturated heterocycles. The predicted octanol–water partition coefficient (Wildman–Crippen LogP) is 5.91. The van der Waals surface area contributed by atoms with E-state index in [1.54, 1.807) is 0 Å². The first-order valence-electron chi connectivity index (χ1n) is 12.1. The Bertz CT molecular complexity index is 465. The highest BCUT2D eigenvalue weighted by Gasteiger charge is 2.70. The molecule has 1 amide bonds. The van der Waals surface area contributed by atoms with Crippen molar-refractivity contribution in [2.45, 2.75) is 127 Å². The zero-order valence-corrected chi connectivity index (χ0v) is 17.4. The number of hydrogen-bond donors (Lipinski definition) is 1. The van der Waals surface area contributed by atoms with Gasteiger partial charge in [0.2, 0.25) is 5.91 Å². The summed E-state index contributed by atoms with van der Waals surface area (Å²) in [5.74, 6) is 1.07. The second-order valence-corrected chi connectivity index (χ2v) is 10.4. The fourth-order valence-corrected chi connectivity index (χ4v) is 6.79. The lowest BCUT2D eigenvalue weighted by atomic mass is 9.35. The zero-order chi connectivity index (χ0) is 18.6. The molecular formula is C24H41NO2. The van der Waals surface area contributed by atoms with E-state index in [4.69, 9.17) is 4.74 Å². The van der Waals surface area contributed by atoms with Crippen LogP contribution in [0.3, 0.4) is 0 Å². The molecule has 0 atom stereocenters.